The molecular formula is C26H31N5O2. The van der Waals surface area contributed by atoms with Crippen molar-refractivity contribution in [2.24, 2.45) is 0 Å². The molecule has 3 heterocycles. The van der Waals surface area contributed by atoms with Gasteiger partial charge in [0.2, 0.25) is 0 Å². The van der Waals surface area contributed by atoms with Gasteiger partial charge in [0.1, 0.15) is 5.75 Å². The van der Waals surface area contributed by atoms with Crippen molar-refractivity contribution in [3.05, 3.63) is 66.5 Å². The number of hydrogen-bond acceptors (Lipinski definition) is 4. The number of ether oxygens (including phenoxy) is 1. The topological polar surface area (TPSA) is 64.7 Å². The van der Waals surface area contributed by atoms with E-state index in [9.17, 15) is 4.79 Å². The first kappa shape index (κ1) is 21.5. The second-order valence-electron chi connectivity index (χ2n) is 9.00. The molecule has 1 spiro atoms. The van der Waals surface area contributed by atoms with Crippen LogP contribution in [0.4, 0.5) is 10.5 Å². The molecule has 0 atom stereocenters. The number of amides is 2. The van der Waals surface area contributed by atoms with Gasteiger partial charge in [-0.15, -0.1) is 0 Å². The van der Waals surface area contributed by atoms with Crippen LogP contribution >= 0.6 is 0 Å². The van der Waals surface area contributed by atoms with Crippen LogP contribution in [0.2, 0.25) is 0 Å². The van der Waals surface area contributed by atoms with Crippen LogP contribution in [-0.4, -0.2) is 64.9 Å². The van der Waals surface area contributed by atoms with Gasteiger partial charge in [-0.05, 0) is 54.8 Å². The van der Waals surface area contributed by atoms with E-state index in [0.717, 1.165) is 67.1 Å². The Balaban J connectivity index is 1.43. The average molecular weight is 446 g/mol. The minimum absolute atomic E-state index is 0.0822. The molecule has 2 aliphatic rings. The zero-order valence-electron chi connectivity index (χ0n) is 19.3. The van der Waals surface area contributed by atoms with Crippen molar-refractivity contribution in [1.29, 1.82) is 0 Å². The molecule has 5 rings (SSSR count). The third kappa shape index (κ3) is 4.09. The summed E-state index contributed by atoms with van der Waals surface area (Å²) in [5.41, 5.74) is 4.00. The molecule has 2 amide bonds. The number of aromatic amines is 1. The van der Waals surface area contributed by atoms with Crippen LogP contribution in [0.5, 0.6) is 5.75 Å². The number of benzene rings is 2. The maximum absolute atomic E-state index is 13.8. The van der Waals surface area contributed by atoms with Crippen molar-refractivity contribution < 1.29 is 9.53 Å². The summed E-state index contributed by atoms with van der Waals surface area (Å²) in [6, 6.07) is 16.3. The summed E-state index contributed by atoms with van der Waals surface area (Å²) in [5, 5.41) is 6.89. The summed E-state index contributed by atoms with van der Waals surface area (Å²) >= 11 is 0. The number of piperidine rings is 1. The van der Waals surface area contributed by atoms with Gasteiger partial charge < -0.3 is 14.5 Å². The third-order valence-corrected chi connectivity index (χ3v) is 7.21. The zero-order chi connectivity index (χ0) is 22.8. The van der Waals surface area contributed by atoms with Crippen molar-refractivity contribution in [1.82, 2.24) is 20.0 Å². The monoisotopic (exact) mass is 445 g/mol. The van der Waals surface area contributed by atoms with Gasteiger partial charge in [-0.2, -0.15) is 5.10 Å². The molecule has 0 radical (unpaired) electrons. The number of nitrogens with one attached hydrogen (secondary N) is 1. The second kappa shape index (κ2) is 8.90. The van der Waals surface area contributed by atoms with Crippen LogP contribution in [0.25, 0.3) is 11.1 Å². The predicted molar refractivity (Wildman–Crippen MR) is 129 cm³/mol. The summed E-state index contributed by atoms with van der Waals surface area (Å²) in [6.07, 6.45) is 5.66. The van der Waals surface area contributed by atoms with E-state index in [1.807, 2.05) is 47.6 Å². The summed E-state index contributed by atoms with van der Waals surface area (Å²) in [4.78, 5) is 20.3. The van der Waals surface area contributed by atoms with Gasteiger partial charge >= 0.3 is 6.03 Å². The Bertz CT molecular complexity index is 1090. The average Bonchev–Trinajstić information content (AvgIpc) is 3.49. The molecule has 2 aliphatic heterocycles. The Morgan fingerprint density at radius 2 is 1.88 bits per heavy atom. The normalized spacial score (nSPS) is 18.3. The van der Waals surface area contributed by atoms with Gasteiger partial charge in [-0.3, -0.25) is 10.00 Å². The van der Waals surface area contributed by atoms with Gasteiger partial charge in [0.05, 0.1) is 25.4 Å². The maximum atomic E-state index is 13.8. The van der Waals surface area contributed by atoms with Crippen LogP contribution in [0.15, 0.2) is 60.9 Å². The highest BCUT2D eigenvalue weighted by Gasteiger charge is 2.51. The lowest BCUT2D eigenvalue weighted by Crippen LogP contribution is -2.54. The lowest BCUT2D eigenvalue weighted by Gasteiger charge is -2.43. The number of H-pyrrole nitrogens is 1. The first-order valence-corrected chi connectivity index (χ1v) is 11.7. The van der Waals surface area contributed by atoms with Crippen molar-refractivity contribution in [3.8, 4) is 16.9 Å². The number of hydrogen-bond donors (Lipinski definition) is 1. The molecule has 33 heavy (non-hydrogen) atoms. The van der Waals surface area contributed by atoms with E-state index in [1.165, 1.54) is 0 Å². The van der Waals surface area contributed by atoms with E-state index in [-0.39, 0.29) is 11.6 Å². The van der Waals surface area contributed by atoms with Crippen molar-refractivity contribution >= 4 is 11.7 Å². The minimum atomic E-state index is -0.158. The molecule has 172 valence electrons. The standard InChI is InChI=1S/C26H31N5O2/c1-3-29-13-11-26(12-14-29)19-30(23-9-7-21(8-10-23)22-16-27-28-17-22)25(32)31(26)18-20-5-4-6-24(15-20)33-2/h4-10,15-17H,3,11-14,18-19H2,1-2H3,(H,27,28). The number of carbonyl (C=O) groups is 1. The highest BCUT2D eigenvalue weighted by Crippen LogP contribution is 2.40. The van der Waals surface area contributed by atoms with Gasteiger partial charge in [0.25, 0.3) is 0 Å². The predicted octanol–water partition coefficient (Wildman–Crippen LogP) is 4.38. The van der Waals surface area contributed by atoms with Crippen LogP contribution in [0.1, 0.15) is 25.3 Å². The Hall–Kier alpha value is -3.32. The molecule has 2 aromatic carbocycles. The zero-order valence-corrected chi connectivity index (χ0v) is 19.3. The first-order valence-electron chi connectivity index (χ1n) is 11.7. The maximum Gasteiger partial charge on any atom is 0.325 e. The number of likely N-dealkylation sites (tertiary alicyclic amines) is 1. The minimum Gasteiger partial charge on any atom is -0.497 e. The van der Waals surface area contributed by atoms with Crippen LogP contribution in [0.3, 0.4) is 0 Å². The molecule has 3 aromatic rings. The van der Waals surface area contributed by atoms with Crippen molar-refractivity contribution in [3.63, 3.8) is 0 Å². The Morgan fingerprint density at radius 3 is 2.55 bits per heavy atom. The van der Waals surface area contributed by atoms with E-state index in [0.29, 0.717) is 6.54 Å². The molecule has 0 aliphatic carbocycles. The molecule has 0 saturated carbocycles. The van der Waals surface area contributed by atoms with Crippen LogP contribution < -0.4 is 9.64 Å². The third-order valence-electron chi connectivity index (χ3n) is 7.21. The molecular weight excluding hydrogens is 414 g/mol. The number of aromatic nitrogens is 2. The number of nitrogens with zero attached hydrogens (tertiary/aromatic N) is 4. The highest BCUT2D eigenvalue weighted by atomic mass is 16.5. The van der Waals surface area contributed by atoms with E-state index < -0.39 is 0 Å². The molecule has 1 N–H and O–H groups in total. The Morgan fingerprint density at radius 1 is 1.09 bits per heavy atom. The summed E-state index contributed by atoms with van der Waals surface area (Å²) < 4.78 is 5.42. The van der Waals surface area contributed by atoms with Gasteiger partial charge in [0, 0.05) is 37.1 Å². The fourth-order valence-electron chi connectivity index (χ4n) is 5.14. The molecule has 7 heteroatoms. The fraction of sp³-hybridized carbons (Fsp3) is 0.385. The van der Waals surface area contributed by atoms with E-state index in [2.05, 4.69) is 45.1 Å². The van der Waals surface area contributed by atoms with E-state index in [4.69, 9.17) is 4.74 Å². The van der Waals surface area contributed by atoms with Gasteiger partial charge in [-0.1, -0.05) is 31.2 Å². The van der Waals surface area contributed by atoms with Crippen molar-refractivity contribution in [2.75, 3.05) is 38.2 Å². The van der Waals surface area contributed by atoms with Crippen LogP contribution in [-0.2, 0) is 6.54 Å². The lowest BCUT2D eigenvalue weighted by molar-refractivity contribution is 0.0744. The van der Waals surface area contributed by atoms with Crippen LogP contribution in [0, 0.1) is 0 Å². The Kier molecular flexibility index (Phi) is 5.81. The second-order valence-corrected chi connectivity index (χ2v) is 9.00. The fourth-order valence-corrected chi connectivity index (χ4v) is 5.14. The lowest BCUT2D eigenvalue weighted by atomic mass is 9.86. The largest absolute Gasteiger partial charge is 0.497 e. The molecule has 7 nitrogen and oxygen atoms in total. The number of rotatable bonds is 6. The van der Waals surface area contributed by atoms with Gasteiger partial charge in [-0.25, -0.2) is 4.79 Å². The Labute approximate surface area is 195 Å². The van der Waals surface area contributed by atoms with Gasteiger partial charge in [0.15, 0.2) is 0 Å². The molecule has 0 bridgehead atoms. The van der Waals surface area contributed by atoms with Crippen molar-refractivity contribution in [2.45, 2.75) is 31.8 Å². The van der Waals surface area contributed by atoms with E-state index in [1.54, 1.807) is 7.11 Å². The number of carbonyl (C=O) groups excluding carboxylic acids is 1. The smallest absolute Gasteiger partial charge is 0.325 e. The summed E-state index contributed by atoms with van der Waals surface area (Å²) in [6.45, 7) is 6.61. The molecule has 2 fully saturated rings. The number of urea groups is 1. The highest BCUT2D eigenvalue weighted by molar-refractivity contribution is 5.95. The molecule has 2 saturated heterocycles. The number of methoxy groups -OCH3 is 1. The summed E-state index contributed by atoms with van der Waals surface area (Å²) in [5.74, 6) is 0.820. The quantitative estimate of drug-likeness (QED) is 0.612. The summed E-state index contributed by atoms with van der Waals surface area (Å²) in [7, 11) is 1.68. The van der Waals surface area contributed by atoms with E-state index >= 15 is 0 Å². The molecule has 1 aromatic heterocycles. The SMILES string of the molecule is CCN1CCC2(CC1)CN(c1ccc(-c3cn[nH]c3)cc1)C(=O)N2Cc1cccc(OC)c1. The number of anilines is 1. The first-order chi connectivity index (χ1) is 16.1. The molecule has 0 unspecified atom stereocenters.